The number of benzene rings is 1. The molecule has 2 heterocycles. The van der Waals surface area contributed by atoms with Gasteiger partial charge in [-0.15, -0.1) is 0 Å². The minimum atomic E-state index is -0.150. The summed E-state index contributed by atoms with van der Waals surface area (Å²) in [5.41, 5.74) is 4.17. The lowest BCUT2D eigenvalue weighted by molar-refractivity contribution is 0.0840. The van der Waals surface area contributed by atoms with Gasteiger partial charge in [0.05, 0.1) is 6.20 Å². The van der Waals surface area contributed by atoms with Gasteiger partial charge in [0.15, 0.2) is 0 Å². The Morgan fingerprint density at radius 2 is 1.96 bits per heavy atom. The molecule has 0 spiro atoms. The van der Waals surface area contributed by atoms with Crippen LogP contribution < -0.4 is 10.2 Å². The van der Waals surface area contributed by atoms with Gasteiger partial charge in [0.2, 0.25) is 5.76 Å². The van der Waals surface area contributed by atoms with Crippen LogP contribution in [-0.4, -0.2) is 54.7 Å². The quantitative estimate of drug-likeness (QED) is 0.832. The number of nitrogens with one attached hydrogen (secondary N) is 1. The van der Waals surface area contributed by atoms with Crippen LogP contribution in [0.3, 0.4) is 0 Å². The number of nitrogens with zero attached hydrogens (tertiary/aromatic N) is 3. The summed E-state index contributed by atoms with van der Waals surface area (Å²) in [6.45, 7) is 10.0. The average Bonchev–Trinajstić information content (AvgIpc) is 3.21. The first-order chi connectivity index (χ1) is 13.6. The van der Waals surface area contributed by atoms with Gasteiger partial charge in [-0.05, 0) is 62.8 Å². The first kappa shape index (κ1) is 19.0. The van der Waals surface area contributed by atoms with E-state index in [1.165, 1.54) is 29.4 Å². The fourth-order valence-corrected chi connectivity index (χ4v) is 4.33. The van der Waals surface area contributed by atoms with Crippen molar-refractivity contribution in [1.82, 2.24) is 15.4 Å². The number of hydrogen-bond donors (Lipinski definition) is 1. The highest BCUT2D eigenvalue weighted by atomic mass is 16.5. The lowest BCUT2D eigenvalue weighted by atomic mass is 9.78. The number of carbonyl (C=O) groups is 1. The Balaban J connectivity index is 1.15. The van der Waals surface area contributed by atoms with E-state index < -0.39 is 0 Å². The van der Waals surface area contributed by atoms with Crippen LogP contribution in [0.25, 0.3) is 0 Å². The van der Waals surface area contributed by atoms with Crippen molar-refractivity contribution in [1.29, 1.82) is 0 Å². The number of aryl methyl sites for hydroxylation is 1. The first-order valence-corrected chi connectivity index (χ1v) is 10.3. The molecule has 4 rings (SSSR count). The van der Waals surface area contributed by atoms with Crippen LogP contribution in [-0.2, 0) is 0 Å². The largest absolute Gasteiger partial charge is 0.369 e. The standard InChI is InChI=1S/C22H30N4O2/c1-16-4-3-5-20(17(16)2)26-12-10-25(11-13-26)9-7-18-14-19(15-18)24-22(27)21-6-8-23-28-21/h3-6,8,18-19H,7,9-15H2,1-2H3,(H,24,27). The number of rotatable bonds is 6. The van der Waals surface area contributed by atoms with E-state index in [0.29, 0.717) is 5.76 Å². The minimum Gasteiger partial charge on any atom is -0.369 e. The fourth-order valence-electron chi connectivity index (χ4n) is 4.33. The van der Waals surface area contributed by atoms with Crippen molar-refractivity contribution in [3.63, 3.8) is 0 Å². The Morgan fingerprint density at radius 3 is 2.68 bits per heavy atom. The number of hydrogen-bond acceptors (Lipinski definition) is 5. The topological polar surface area (TPSA) is 61.6 Å². The Kier molecular flexibility index (Phi) is 5.67. The molecule has 1 N–H and O–H groups in total. The lowest BCUT2D eigenvalue weighted by Gasteiger charge is -2.40. The van der Waals surface area contributed by atoms with E-state index in [1.807, 2.05) is 0 Å². The molecule has 6 heteroatoms. The van der Waals surface area contributed by atoms with Crippen molar-refractivity contribution in [3.8, 4) is 0 Å². The van der Waals surface area contributed by atoms with Crippen LogP contribution in [0.5, 0.6) is 0 Å². The number of amides is 1. The van der Waals surface area contributed by atoms with E-state index in [4.69, 9.17) is 4.52 Å². The number of aromatic nitrogens is 1. The van der Waals surface area contributed by atoms with Crippen molar-refractivity contribution in [3.05, 3.63) is 47.3 Å². The highest BCUT2D eigenvalue weighted by Crippen LogP contribution is 2.31. The summed E-state index contributed by atoms with van der Waals surface area (Å²) in [4.78, 5) is 17.1. The fraction of sp³-hybridized carbons (Fsp3) is 0.545. The third-order valence-corrected chi connectivity index (χ3v) is 6.38. The first-order valence-electron chi connectivity index (χ1n) is 10.3. The van der Waals surface area contributed by atoms with Crippen molar-refractivity contribution < 1.29 is 9.32 Å². The molecule has 1 aliphatic carbocycles. The van der Waals surface area contributed by atoms with Crippen molar-refractivity contribution in [2.75, 3.05) is 37.6 Å². The van der Waals surface area contributed by atoms with Crippen molar-refractivity contribution in [2.24, 2.45) is 5.92 Å². The molecule has 6 nitrogen and oxygen atoms in total. The van der Waals surface area contributed by atoms with Gasteiger partial charge in [0, 0.05) is 44.0 Å². The summed E-state index contributed by atoms with van der Waals surface area (Å²) in [7, 11) is 0. The van der Waals surface area contributed by atoms with Crippen LogP contribution in [0, 0.1) is 19.8 Å². The Labute approximate surface area is 166 Å². The molecule has 0 unspecified atom stereocenters. The predicted octanol–water partition coefficient (Wildman–Crippen LogP) is 3.01. The highest BCUT2D eigenvalue weighted by Gasteiger charge is 2.31. The second-order valence-electron chi connectivity index (χ2n) is 8.22. The number of anilines is 1. The van der Waals surface area contributed by atoms with Gasteiger partial charge >= 0.3 is 0 Å². The third-order valence-electron chi connectivity index (χ3n) is 6.38. The maximum atomic E-state index is 12.0. The Morgan fingerprint density at radius 1 is 1.18 bits per heavy atom. The lowest BCUT2D eigenvalue weighted by Crippen LogP contribution is -2.48. The summed E-state index contributed by atoms with van der Waals surface area (Å²) in [6, 6.07) is 8.49. The highest BCUT2D eigenvalue weighted by molar-refractivity contribution is 5.91. The SMILES string of the molecule is Cc1cccc(N2CCN(CCC3CC(NC(=O)c4ccno4)C3)CC2)c1C. The Hall–Kier alpha value is -2.34. The maximum Gasteiger partial charge on any atom is 0.290 e. The van der Waals surface area contributed by atoms with Gasteiger partial charge in [-0.25, -0.2) is 0 Å². The van der Waals surface area contributed by atoms with Crippen LogP contribution in [0.1, 0.15) is 40.9 Å². The summed E-state index contributed by atoms with van der Waals surface area (Å²) >= 11 is 0. The van der Waals surface area contributed by atoms with Gasteiger partial charge < -0.3 is 14.7 Å². The monoisotopic (exact) mass is 382 g/mol. The van der Waals surface area contributed by atoms with Crippen LogP contribution >= 0.6 is 0 Å². The maximum absolute atomic E-state index is 12.0. The van der Waals surface area contributed by atoms with E-state index in [-0.39, 0.29) is 11.9 Å². The summed E-state index contributed by atoms with van der Waals surface area (Å²) in [5, 5.41) is 6.61. The molecule has 0 atom stereocenters. The average molecular weight is 383 g/mol. The summed E-state index contributed by atoms with van der Waals surface area (Å²) in [5.74, 6) is 0.866. The minimum absolute atomic E-state index is 0.150. The van der Waals surface area contributed by atoms with E-state index in [2.05, 4.69) is 52.3 Å². The molecule has 1 saturated heterocycles. The van der Waals surface area contributed by atoms with Crippen LogP contribution in [0.4, 0.5) is 5.69 Å². The van der Waals surface area contributed by atoms with E-state index >= 15 is 0 Å². The van der Waals surface area contributed by atoms with Gasteiger partial charge in [-0.1, -0.05) is 17.3 Å². The molecule has 2 aromatic rings. The van der Waals surface area contributed by atoms with Gasteiger partial charge in [-0.2, -0.15) is 0 Å². The van der Waals surface area contributed by atoms with E-state index in [1.54, 1.807) is 6.07 Å². The molecule has 150 valence electrons. The molecular formula is C22H30N4O2. The molecule has 1 saturated carbocycles. The normalized spacial score (nSPS) is 22.7. The molecule has 1 aromatic heterocycles. The molecule has 1 aromatic carbocycles. The molecule has 28 heavy (non-hydrogen) atoms. The molecule has 0 bridgehead atoms. The molecule has 1 amide bonds. The van der Waals surface area contributed by atoms with Gasteiger partial charge in [-0.3, -0.25) is 9.69 Å². The van der Waals surface area contributed by atoms with Crippen LogP contribution in [0.15, 0.2) is 35.0 Å². The second-order valence-corrected chi connectivity index (χ2v) is 8.22. The van der Waals surface area contributed by atoms with Crippen molar-refractivity contribution >= 4 is 11.6 Å². The van der Waals surface area contributed by atoms with Gasteiger partial charge in [0.25, 0.3) is 5.91 Å². The Bertz CT molecular complexity index is 791. The van der Waals surface area contributed by atoms with Crippen molar-refractivity contribution in [2.45, 2.75) is 39.2 Å². The predicted molar refractivity (Wildman–Crippen MR) is 110 cm³/mol. The zero-order valence-electron chi connectivity index (χ0n) is 16.9. The molecular weight excluding hydrogens is 352 g/mol. The molecule has 0 radical (unpaired) electrons. The zero-order valence-corrected chi connectivity index (χ0v) is 16.9. The van der Waals surface area contributed by atoms with E-state index in [9.17, 15) is 4.79 Å². The summed E-state index contributed by atoms with van der Waals surface area (Å²) < 4.78 is 4.90. The van der Waals surface area contributed by atoms with E-state index in [0.717, 1.165) is 51.5 Å². The van der Waals surface area contributed by atoms with Crippen LogP contribution in [0.2, 0.25) is 0 Å². The molecule has 2 fully saturated rings. The third kappa shape index (κ3) is 4.22. The van der Waals surface area contributed by atoms with Gasteiger partial charge in [0.1, 0.15) is 0 Å². The second kappa shape index (κ2) is 8.35. The number of carbonyl (C=O) groups excluding carboxylic acids is 1. The number of piperazine rings is 1. The zero-order chi connectivity index (χ0) is 19.5. The smallest absolute Gasteiger partial charge is 0.290 e. The molecule has 1 aliphatic heterocycles. The molecule has 2 aliphatic rings. The summed E-state index contributed by atoms with van der Waals surface area (Å²) in [6.07, 6.45) is 4.86.